The lowest BCUT2D eigenvalue weighted by Crippen LogP contribution is -2.45. The normalized spacial score (nSPS) is 15.7. The molecule has 2 aromatic rings. The van der Waals surface area contributed by atoms with E-state index < -0.39 is 0 Å². The van der Waals surface area contributed by atoms with Gasteiger partial charge in [-0.25, -0.2) is 4.79 Å². The van der Waals surface area contributed by atoms with E-state index in [1.165, 1.54) is 0 Å². The van der Waals surface area contributed by atoms with E-state index in [0.717, 1.165) is 16.8 Å². The first-order valence-electron chi connectivity index (χ1n) is 10.5. The number of nitrogens with one attached hydrogen (secondary N) is 2. The van der Waals surface area contributed by atoms with Crippen LogP contribution in [0.2, 0.25) is 5.02 Å². The molecule has 1 heterocycles. The van der Waals surface area contributed by atoms with Crippen LogP contribution in [0.1, 0.15) is 43.9 Å². The van der Waals surface area contributed by atoms with Gasteiger partial charge in [-0.1, -0.05) is 55.8 Å². The number of urea groups is 1. The molecule has 6 heteroatoms. The fourth-order valence-electron chi connectivity index (χ4n) is 3.87. The Morgan fingerprint density at radius 2 is 1.77 bits per heavy atom. The highest BCUT2D eigenvalue weighted by molar-refractivity contribution is 6.31. The fourth-order valence-corrected chi connectivity index (χ4v) is 4.13. The van der Waals surface area contributed by atoms with Gasteiger partial charge in [-0.05, 0) is 55.0 Å². The van der Waals surface area contributed by atoms with Crippen LogP contribution in [-0.4, -0.2) is 29.9 Å². The van der Waals surface area contributed by atoms with Crippen molar-refractivity contribution in [2.45, 2.75) is 39.7 Å². The van der Waals surface area contributed by atoms with E-state index in [1.54, 1.807) is 4.90 Å². The van der Waals surface area contributed by atoms with E-state index in [0.29, 0.717) is 31.0 Å². The Bertz CT molecular complexity index is 892. The third-order valence-corrected chi connectivity index (χ3v) is 5.97. The second kappa shape index (κ2) is 9.98. The van der Waals surface area contributed by atoms with Crippen LogP contribution in [0.25, 0.3) is 0 Å². The number of anilines is 1. The summed E-state index contributed by atoms with van der Waals surface area (Å²) in [7, 11) is 0. The smallest absolute Gasteiger partial charge is 0.321 e. The molecule has 0 spiro atoms. The largest absolute Gasteiger partial charge is 0.349 e. The van der Waals surface area contributed by atoms with Crippen molar-refractivity contribution in [2.75, 3.05) is 18.4 Å². The van der Waals surface area contributed by atoms with E-state index in [2.05, 4.69) is 24.5 Å². The fraction of sp³-hybridized carbons (Fsp3) is 0.417. The van der Waals surface area contributed by atoms with Crippen LogP contribution in [-0.2, 0) is 4.79 Å². The van der Waals surface area contributed by atoms with Crippen LogP contribution in [0.15, 0.2) is 48.5 Å². The van der Waals surface area contributed by atoms with Crippen LogP contribution >= 0.6 is 11.6 Å². The number of piperidine rings is 1. The molecule has 160 valence electrons. The van der Waals surface area contributed by atoms with Crippen LogP contribution in [0.3, 0.4) is 0 Å². The van der Waals surface area contributed by atoms with Gasteiger partial charge in [-0.2, -0.15) is 0 Å². The topological polar surface area (TPSA) is 61.4 Å². The van der Waals surface area contributed by atoms with Gasteiger partial charge in [0, 0.05) is 29.7 Å². The molecule has 1 aliphatic rings. The third-order valence-electron chi connectivity index (χ3n) is 5.63. The number of hydrogen-bond acceptors (Lipinski definition) is 2. The van der Waals surface area contributed by atoms with Crippen molar-refractivity contribution in [3.05, 3.63) is 64.7 Å². The zero-order valence-electron chi connectivity index (χ0n) is 17.8. The molecule has 3 amide bonds. The summed E-state index contributed by atoms with van der Waals surface area (Å²) in [5.74, 6) is 0.151. The Hall–Kier alpha value is -2.53. The average molecular weight is 428 g/mol. The van der Waals surface area contributed by atoms with Crippen molar-refractivity contribution in [3.8, 4) is 0 Å². The first kappa shape index (κ1) is 22.2. The number of hydrogen-bond donors (Lipinski definition) is 2. The van der Waals surface area contributed by atoms with E-state index in [-0.39, 0.29) is 29.8 Å². The maximum Gasteiger partial charge on any atom is 0.321 e. The monoisotopic (exact) mass is 427 g/mol. The molecule has 1 fully saturated rings. The molecule has 1 unspecified atom stereocenters. The summed E-state index contributed by atoms with van der Waals surface area (Å²) in [6.07, 6.45) is 1.31. The predicted octanol–water partition coefficient (Wildman–Crippen LogP) is 5.41. The average Bonchev–Trinajstić information content (AvgIpc) is 2.72. The van der Waals surface area contributed by atoms with Gasteiger partial charge >= 0.3 is 6.03 Å². The van der Waals surface area contributed by atoms with Crippen LogP contribution in [0, 0.1) is 18.8 Å². The van der Waals surface area contributed by atoms with Gasteiger partial charge < -0.3 is 15.5 Å². The molecular formula is C24H30ClN3O2. The maximum absolute atomic E-state index is 12.9. The van der Waals surface area contributed by atoms with Crippen molar-refractivity contribution in [1.29, 1.82) is 0 Å². The summed E-state index contributed by atoms with van der Waals surface area (Å²) in [6.45, 7) is 7.27. The first-order valence-corrected chi connectivity index (χ1v) is 10.9. The lowest BCUT2D eigenvalue weighted by molar-refractivity contribution is -0.127. The van der Waals surface area contributed by atoms with Crippen LogP contribution in [0.4, 0.5) is 10.5 Å². The number of likely N-dealkylation sites (tertiary alicyclic amines) is 1. The van der Waals surface area contributed by atoms with Crippen molar-refractivity contribution in [2.24, 2.45) is 11.8 Å². The van der Waals surface area contributed by atoms with Gasteiger partial charge in [0.05, 0.1) is 6.04 Å². The van der Waals surface area contributed by atoms with Crippen LogP contribution in [0.5, 0.6) is 0 Å². The Morgan fingerprint density at radius 1 is 1.07 bits per heavy atom. The van der Waals surface area contributed by atoms with E-state index in [9.17, 15) is 9.59 Å². The lowest BCUT2D eigenvalue weighted by atomic mass is 9.92. The van der Waals surface area contributed by atoms with Gasteiger partial charge in [-0.15, -0.1) is 0 Å². The number of benzene rings is 2. The first-order chi connectivity index (χ1) is 14.3. The Morgan fingerprint density at radius 3 is 2.40 bits per heavy atom. The minimum Gasteiger partial charge on any atom is -0.349 e. The molecular weight excluding hydrogens is 398 g/mol. The van der Waals surface area contributed by atoms with Gasteiger partial charge in [0.15, 0.2) is 0 Å². The highest BCUT2D eigenvalue weighted by Gasteiger charge is 2.30. The Labute approximate surface area is 183 Å². The van der Waals surface area contributed by atoms with Crippen molar-refractivity contribution in [1.82, 2.24) is 10.2 Å². The van der Waals surface area contributed by atoms with Crippen molar-refractivity contribution < 1.29 is 9.59 Å². The molecule has 0 bridgehead atoms. The number of carbonyl (C=O) groups excluding carboxylic acids is 2. The molecule has 0 saturated carbocycles. The third kappa shape index (κ3) is 5.54. The highest BCUT2D eigenvalue weighted by atomic mass is 35.5. The van der Waals surface area contributed by atoms with Gasteiger partial charge in [0.2, 0.25) is 5.91 Å². The number of amides is 3. The SMILES string of the molecule is Cc1cccc(NC(=O)N2CCC(C(=O)NC(c3ccccc3Cl)C(C)C)CC2)c1. The van der Waals surface area contributed by atoms with Gasteiger partial charge in [0.1, 0.15) is 0 Å². The number of nitrogens with zero attached hydrogens (tertiary/aromatic N) is 1. The highest BCUT2D eigenvalue weighted by Crippen LogP contribution is 2.29. The Balaban J connectivity index is 1.55. The summed E-state index contributed by atoms with van der Waals surface area (Å²) in [5.41, 5.74) is 2.83. The molecule has 3 rings (SSSR count). The molecule has 1 atom stereocenters. The molecule has 2 N–H and O–H groups in total. The van der Waals surface area contributed by atoms with Crippen molar-refractivity contribution in [3.63, 3.8) is 0 Å². The number of halogens is 1. The predicted molar refractivity (Wildman–Crippen MR) is 122 cm³/mol. The maximum atomic E-state index is 12.9. The van der Waals surface area contributed by atoms with Gasteiger partial charge in [0.25, 0.3) is 0 Å². The standard InChI is InChI=1S/C24H30ClN3O2/c1-16(2)22(20-9-4-5-10-21(20)25)27-23(29)18-11-13-28(14-12-18)24(30)26-19-8-6-7-17(3)15-19/h4-10,15-16,18,22H,11-14H2,1-3H3,(H,26,30)(H,27,29). The summed E-state index contributed by atoms with van der Waals surface area (Å²) in [6, 6.07) is 15.1. The van der Waals surface area contributed by atoms with E-state index in [1.807, 2.05) is 55.5 Å². The number of aryl methyl sites for hydroxylation is 1. The number of carbonyl (C=O) groups is 2. The van der Waals surface area contributed by atoms with Gasteiger partial charge in [-0.3, -0.25) is 4.79 Å². The summed E-state index contributed by atoms with van der Waals surface area (Å²) in [4.78, 5) is 27.3. The molecule has 0 radical (unpaired) electrons. The second-order valence-electron chi connectivity index (χ2n) is 8.31. The molecule has 0 aromatic heterocycles. The minimum atomic E-state index is -0.131. The minimum absolute atomic E-state index is 0.0346. The summed E-state index contributed by atoms with van der Waals surface area (Å²) >= 11 is 6.36. The molecule has 30 heavy (non-hydrogen) atoms. The lowest BCUT2D eigenvalue weighted by Gasteiger charge is -2.33. The van der Waals surface area contributed by atoms with Crippen molar-refractivity contribution >= 4 is 29.2 Å². The van der Waals surface area contributed by atoms with E-state index in [4.69, 9.17) is 11.6 Å². The quantitative estimate of drug-likeness (QED) is 0.670. The Kier molecular flexibility index (Phi) is 7.38. The molecule has 2 aromatic carbocycles. The molecule has 1 saturated heterocycles. The van der Waals surface area contributed by atoms with E-state index >= 15 is 0 Å². The summed E-state index contributed by atoms with van der Waals surface area (Å²) in [5, 5.41) is 6.80. The zero-order chi connectivity index (χ0) is 21.7. The zero-order valence-corrected chi connectivity index (χ0v) is 18.6. The number of rotatable bonds is 5. The molecule has 1 aliphatic heterocycles. The summed E-state index contributed by atoms with van der Waals surface area (Å²) < 4.78 is 0. The molecule has 5 nitrogen and oxygen atoms in total. The molecule has 0 aliphatic carbocycles. The second-order valence-corrected chi connectivity index (χ2v) is 8.72. The van der Waals surface area contributed by atoms with Crippen LogP contribution < -0.4 is 10.6 Å².